The van der Waals surface area contributed by atoms with E-state index in [-0.39, 0.29) is 6.61 Å². The van der Waals surface area contributed by atoms with Crippen LogP contribution < -0.4 is 0 Å². The third kappa shape index (κ3) is 4.64. The van der Waals surface area contributed by atoms with Gasteiger partial charge in [0.1, 0.15) is 11.3 Å². The van der Waals surface area contributed by atoms with E-state index in [4.69, 9.17) is 4.74 Å². The fourth-order valence-electron chi connectivity index (χ4n) is 2.18. The van der Waals surface area contributed by atoms with Crippen molar-refractivity contribution in [2.75, 3.05) is 13.2 Å². The molecule has 0 aliphatic heterocycles. The molecule has 4 nitrogen and oxygen atoms in total. The number of aliphatic hydroxyl groups excluding tert-OH is 1. The van der Waals surface area contributed by atoms with Crippen LogP contribution in [0, 0.1) is 0 Å². The predicted molar refractivity (Wildman–Crippen MR) is 92.3 cm³/mol. The summed E-state index contributed by atoms with van der Waals surface area (Å²) in [6.07, 6.45) is 0.616. The van der Waals surface area contributed by atoms with Crippen LogP contribution in [0.1, 0.15) is 5.69 Å². The zero-order valence-electron chi connectivity index (χ0n) is 12.9. The van der Waals surface area contributed by atoms with Gasteiger partial charge in [-0.3, -0.25) is 0 Å². The number of hydrogen-bond acceptors (Lipinski definition) is 3. The van der Waals surface area contributed by atoms with Crippen molar-refractivity contribution in [1.29, 1.82) is 0 Å². The molecule has 2 heterocycles. The standard InChI is InChI=1S/C15H23BrN2O2Si/c1-21(2,3)9-8-20-11-18-12(6-7-19)10-13-14(18)4-5-15(16)17-13/h4-5,10,19H,6-9,11H2,1-3H3. The molecule has 0 saturated carbocycles. The molecule has 0 aromatic carbocycles. The van der Waals surface area contributed by atoms with Crippen molar-refractivity contribution in [3.05, 3.63) is 28.5 Å². The van der Waals surface area contributed by atoms with E-state index in [1.165, 1.54) is 0 Å². The number of fused-ring (bicyclic) bond motifs is 1. The Hall–Kier alpha value is -0.693. The molecule has 2 aromatic heterocycles. The Morgan fingerprint density at radius 2 is 2.10 bits per heavy atom. The second kappa shape index (κ2) is 7.04. The zero-order chi connectivity index (χ0) is 15.5. The van der Waals surface area contributed by atoms with Gasteiger partial charge >= 0.3 is 0 Å². The number of hydrogen-bond donors (Lipinski definition) is 1. The lowest BCUT2D eigenvalue weighted by molar-refractivity contribution is 0.0879. The lowest BCUT2D eigenvalue weighted by Crippen LogP contribution is -2.22. The quantitative estimate of drug-likeness (QED) is 0.459. The molecule has 0 aliphatic rings. The highest BCUT2D eigenvalue weighted by Crippen LogP contribution is 2.21. The number of ether oxygens (including phenoxy) is 1. The van der Waals surface area contributed by atoms with E-state index in [1.807, 2.05) is 18.2 Å². The average molecular weight is 371 g/mol. The smallest absolute Gasteiger partial charge is 0.123 e. The average Bonchev–Trinajstić information content (AvgIpc) is 2.71. The molecule has 0 aliphatic carbocycles. The minimum absolute atomic E-state index is 0.131. The van der Waals surface area contributed by atoms with Crippen LogP contribution in [0.25, 0.3) is 11.0 Å². The van der Waals surface area contributed by atoms with Gasteiger partial charge in [-0.05, 0) is 40.2 Å². The summed E-state index contributed by atoms with van der Waals surface area (Å²) >= 11 is 3.39. The molecule has 21 heavy (non-hydrogen) atoms. The Morgan fingerprint density at radius 1 is 1.33 bits per heavy atom. The van der Waals surface area contributed by atoms with Crippen LogP contribution in [-0.2, 0) is 17.9 Å². The lowest BCUT2D eigenvalue weighted by atomic mass is 10.3. The molecular weight excluding hydrogens is 348 g/mol. The van der Waals surface area contributed by atoms with Crippen LogP contribution in [0.3, 0.4) is 0 Å². The van der Waals surface area contributed by atoms with E-state index < -0.39 is 8.07 Å². The first kappa shape index (κ1) is 16.7. The molecule has 0 bridgehead atoms. The highest BCUT2D eigenvalue weighted by atomic mass is 79.9. The van der Waals surface area contributed by atoms with E-state index >= 15 is 0 Å². The van der Waals surface area contributed by atoms with Gasteiger partial charge in [0.05, 0.1) is 11.0 Å². The van der Waals surface area contributed by atoms with Crippen LogP contribution >= 0.6 is 15.9 Å². The van der Waals surface area contributed by atoms with Gasteiger partial charge in [-0.2, -0.15) is 0 Å². The maximum atomic E-state index is 9.22. The fraction of sp³-hybridized carbons (Fsp3) is 0.533. The minimum atomic E-state index is -1.06. The normalized spacial score (nSPS) is 12.2. The second-order valence-electron chi connectivity index (χ2n) is 6.42. The van der Waals surface area contributed by atoms with Crippen molar-refractivity contribution in [2.45, 2.75) is 38.8 Å². The number of halogens is 1. The maximum absolute atomic E-state index is 9.22. The largest absolute Gasteiger partial charge is 0.396 e. The highest BCUT2D eigenvalue weighted by Gasteiger charge is 2.13. The molecule has 0 fully saturated rings. The summed E-state index contributed by atoms with van der Waals surface area (Å²) in [6, 6.07) is 7.16. The van der Waals surface area contributed by atoms with Gasteiger partial charge in [-0.15, -0.1) is 0 Å². The van der Waals surface area contributed by atoms with Crippen molar-refractivity contribution in [1.82, 2.24) is 9.55 Å². The molecule has 0 saturated heterocycles. The highest BCUT2D eigenvalue weighted by molar-refractivity contribution is 9.10. The summed E-state index contributed by atoms with van der Waals surface area (Å²) in [4.78, 5) is 4.47. The molecule has 0 unspecified atom stereocenters. The molecule has 0 atom stereocenters. The zero-order valence-corrected chi connectivity index (χ0v) is 15.5. The molecule has 0 spiro atoms. The molecule has 6 heteroatoms. The molecule has 2 rings (SSSR count). The second-order valence-corrected chi connectivity index (χ2v) is 12.9. The van der Waals surface area contributed by atoms with E-state index in [0.717, 1.165) is 34.0 Å². The third-order valence-electron chi connectivity index (χ3n) is 3.39. The number of nitrogens with zero attached hydrogens (tertiary/aromatic N) is 2. The molecule has 116 valence electrons. The molecule has 1 N–H and O–H groups in total. The summed E-state index contributed by atoms with van der Waals surface area (Å²) in [5.41, 5.74) is 3.04. The van der Waals surface area contributed by atoms with Crippen molar-refractivity contribution >= 4 is 35.0 Å². The van der Waals surface area contributed by atoms with Gasteiger partial charge in [0.2, 0.25) is 0 Å². The monoisotopic (exact) mass is 370 g/mol. The van der Waals surface area contributed by atoms with Gasteiger partial charge in [-0.1, -0.05) is 19.6 Å². The van der Waals surface area contributed by atoms with Gasteiger partial charge < -0.3 is 14.4 Å². The lowest BCUT2D eigenvalue weighted by Gasteiger charge is -2.16. The van der Waals surface area contributed by atoms with Crippen LogP contribution in [-0.4, -0.2) is 35.9 Å². The Labute approximate surface area is 135 Å². The van der Waals surface area contributed by atoms with E-state index in [0.29, 0.717) is 13.2 Å². The maximum Gasteiger partial charge on any atom is 0.123 e. The first-order valence-electron chi connectivity index (χ1n) is 7.24. The summed E-state index contributed by atoms with van der Waals surface area (Å²) in [5.74, 6) is 0. The third-order valence-corrected chi connectivity index (χ3v) is 5.54. The van der Waals surface area contributed by atoms with Gasteiger partial charge in [-0.25, -0.2) is 4.98 Å². The summed E-state index contributed by atoms with van der Waals surface area (Å²) in [7, 11) is -1.06. The Balaban J connectivity index is 2.14. The van der Waals surface area contributed by atoms with Crippen molar-refractivity contribution in [3.8, 4) is 0 Å². The molecule has 0 amide bonds. The first-order chi connectivity index (χ1) is 9.90. The summed E-state index contributed by atoms with van der Waals surface area (Å²) in [6.45, 7) is 8.48. The SMILES string of the molecule is C[Si](C)(C)CCOCn1c(CCO)cc2nc(Br)ccc21. The number of rotatable bonds is 7. The number of pyridine rings is 1. The Morgan fingerprint density at radius 3 is 2.76 bits per heavy atom. The summed E-state index contributed by atoms with van der Waals surface area (Å²) in [5, 5.41) is 9.22. The van der Waals surface area contributed by atoms with E-state index in [9.17, 15) is 5.11 Å². The topological polar surface area (TPSA) is 47.3 Å². The number of aromatic nitrogens is 2. The Kier molecular flexibility index (Phi) is 5.59. The van der Waals surface area contributed by atoms with E-state index in [2.05, 4.69) is 45.1 Å². The van der Waals surface area contributed by atoms with Crippen molar-refractivity contribution in [3.63, 3.8) is 0 Å². The van der Waals surface area contributed by atoms with Crippen LogP contribution in [0.4, 0.5) is 0 Å². The molecule has 2 aromatic rings. The van der Waals surface area contributed by atoms with Crippen LogP contribution in [0.15, 0.2) is 22.8 Å². The summed E-state index contributed by atoms with van der Waals surface area (Å²) < 4.78 is 8.78. The van der Waals surface area contributed by atoms with Crippen molar-refractivity contribution in [2.24, 2.45) is 0 Å². The van der Waals surface area contributed by atoms with Gasteiger partial charge in [0.15, 0.2) is 0 Å². The predicted octanol–water partition coefficient (Wildman–Crippen LogP) is 3.65. The van der Waals surface area contributed by atoms with Gasteiger partial charge in [0.25, 0.3) is 0 Å². The van der Waals surface area contributed by atoms with E-state index in [1.54, 1.807) is 0 Å². The van der Waals surface area contributed by atoms with Crippen molar-refractivity contribution < 1.29 is 9.84 Å². The Bertz CT molecular complexity index is 607. The fourth-order valence-corrected chi connectivity index (χ4v) is 3.26. The van der Waals surface area contributed by atoms with Crippen LogP contribution in [0.2, 0.25) is 25.7 Å². The number of aliphatic hydroxyl groups is 1. The van der Waals surface area contributed by atoms with Crippen LogP contribution in [0.5, 0.6) is 0 Å². The molecular formula is C15H23BrN2O2Si. The minimum Gasteiger partial charge on any atom is -0.396 e. The molecule has 0 radical (unpaired) electrons. The first-order valence-corrected chi connectivity index (χ1v) is 11.7. The van der Waals surface area contributed by atoms with Gasteiger partial charge in [0, 0.05) is 33.4 Å².